The van der Waals surface area contributed by atoms with E-state index in [2.05, 4.69) is 25.3 Å². The third-order valence-electron chi connectivity index (χ3n) is 3.84. The van der Waals surface area contributed by atoms with Gasteiger partial charge in [0.15, 0.2) is 11.5 Å². The smallest absolute Gasteiger partial charge is 0.287 e. The molecule has 0 spiro atoms. The number of carbonyl (C=O) groups excluding carboxylic acids is 1. The van der Waals surface area contributed by atoms with Gasteiger partial charge in [-0.15, -0.1) is 0 Å². The zero-order valence-corrected chi connectivity index (χ0v) is 14.3. The molecule has 0 fully saturated rings. The van der Waals surface area contributed by atoms with Crippen LogP contribution in [-0.2, 0) is 6.61 Å². The molecule has 3 rings (SSSR count). The maximum atomic E-state index is 12.3. The number of hydrogen-bond donors (Lipinski definition) is 4. The number of nitrogens with zero attached hydrogens (tertiary/aromatic N) is 3. The first-order valence-corrected chi connectivity index (χ1v) is 8.20. The number of rotatable bonds is 6. The van der Waals surface area contributed by atoms with Crippen LogP contribution in [0.1, 0.15) is 35.1 Å². The monoisotopic (exact) mass is 352 g/mol. The lowest BCUT2D eigenvalue weighted by molar-refractivity contribution is 0.0931. The highest BCUT2D eigenvalue weighted by Gasteiger charge is 2.13. The van der Waals surface area contributed by atoms with Gasteiger partial charge in [-0.3, -0.25) is 4.79 Å². The van der Waals surface area contributed by atoms with Crippen molar-refractivity contribution >= 4 is 29.0 Å². The van der Waals surface area contributed by atoms with E-state index in [1.807, 2.05) is 25.1 Å². The number of pyridine rings is 2. The van der Waals surface area contributed by atoms with E-state index in [1.54, 1.807) is 24.5 Å². The summed E-state index contributed by atoms with van der Waals surface area (Å²) in [6, 6.07) is 5.30. The first kappa shape index (κ1) is 17.6. The van der Waals surface area contributed by atoms with E-state index in [-0.39, 0.29) is 24.4 Å². The minimum atomic E-state index is -0.277. The predicted octanol–water partition coefficient (Wildman–Crippen LogP) is 1.65. The number of aliphatic hydroxyl groups excluding tert-OH is 1. The molecule has 0 aliphatic rings. The Bertz CT molecular complexity index is 917. The second-order valence-electron chi connectivity index (χ2n) is 5.94. The van der Waals surface area contributed by atoms with Gasteiger partial charge < -0.3 is 21.1 Å². The van der Waals surface area contributed by atoms with Gasteiger partial charge in [-0.05, 0) is 37.1 Å². The number of carbonyl (C=O) groups is 1. The number of hydrogen-bond acceptors (Lipinski definition) is 6. The molecule has 0 unspecified atom stereocenters. The molecule has 3 heterocycles. The molecule has 5 N–H and O–H groups in total. The lowest BCUT2D eigenvalue weighted by Crippen LogP contribution is -2.32. The van der Waals surface area contributed by atoms with Crippen LogP contribution in [0.4, 0.5) is 5.82 Å². The number of aromatic nitrogens is 4. The topological polar surface area (TPSA) is 130 Å². The molecule has 8 nitrogen and oxygen atoms in total. The quantitative estimate of drug-likeness (QED) is 0.534. The molecule has 0 aliphatic heterocycles. The van der Waals surface area contributed by atoms with Crippen LogP contribution in [0.15, 0.2) is 36.7 Å². The van der Waals surface area contributed by atoms with Gasteiger partial charge in [0.05, 0.1) is 12.1 Å². The van der Waals surface area contributed by atoms with Gasteiger partial charge >= 0.3 is 0 Å². The molecule has 0 aliphatic carbocycles. The van der Waals surface area contributed by atoms with Crippen molar-refractivity contribution in [2.75, 3.05) is 5.73 Å². The van der Waals surface area contributed by atoms with E-state index < -0.39 is 0 Å². The van der Waals surface area contributed by atoms with E-state index >= 15 is 0 Å². The summed E-state index contributed by atoms with van der Waals surface area (Å²) in [5.41, 5.74) is 8.32. The predicted molar refractivity (Wildman–Crippen MR) is 99.0 cm³/mol. The van der Waals surface area contributed by atoms with E-state index in [0.29, 0.717) is 23.4 Å². The summed E-state index contributed by atoms with van der Waals surface area (Å²) in [5.74, 6) is 0.288. The van der Waals surface area contributed by atoms with Crippen LogP contribution < -0.4 is 11.1 Å². The number of amides is 1. The highest BCUT2D eigenvalue weighted by atomic mass is 16.3. The Morgan fingerprint density at radius 1 is 1.46 bits per heavy atom. The van der Waals surface area contributed by atoms with E-state index in [1.165, 1.54) is 0 Å². The highest BCUT2D eigenvalue weighted by Crippen LogP contribution is 2.12. The first-order chi connectivity index (χ1) is 12.6. The number of anilines is 1. The van der Waals surface area contributed by atoms with Gasteiger partial charge in [-0.2, -0.15) is 0 Å². The molecule has 26 heavy (non-hydrogen) atoms. The summed E-state index contributed by atoms with van der Waals surface area (Å²) in [5, 5.41) is 12.1. The van der Waals surface area contributed by atoms with Gasteiger partial charge in [-0.25, -0.2) is 15.0 Å². The second kappa shape index (κ2) is 7.75. The van der Waals surface area contributed by atoms with Crippen molar-refractivity contribution in [3.8, 4) is 0 Å². The second-order valence-corrected chi connectivity index (χ2v) is 5.94. The molecular weight excluding hydrogens is 332 g/mol. The Hall–Kier alpha value is -3.26. The number of H-pyrrole nitrogens is 1. The molecular formula is C18H20N6O2. The highest BCUT2D eigenvalue weighted by molar-refractivity contribution is 5.93. The zero-order valence-electron chi connectivity index (χ0n) is 14.3. The summed E-state index contributed by atoms with van der Waals surface area (Å²) in [4.78, 5) is 27.5. The average Bonchev–Trinajstić information content (AvgIpc) is 3.07. The zero-order chi connectivity index (χ0) is 18.5. The molecule has 0 saturated heterocycles. The molecule has 3 aromatic heterocycles. The molecule has 3 aromatic rings. The molecule has 0 bridgehead atoms. The van der Waals surface area contributed by atoms with Crippen LogP contribution >= 0.6 is 0 Å². The Labute approximate surface area is 150 Å². The lowest BCUT2D eigenvalue weighted by Gasteiger charge is -2.10. The summed E-state index contributed by atoms with van der Waals surface area (Å²) in [6.07, 6.45) is 7.70. The van der Waals surface area contributed by atoms with Crippen molar-refractivity contribution in [2.45, 2.75) is 26.0 Å². The Balaban J connectivity index is 1.58. The molecule has 0 aromatic carbocycles. The van der Waals surface area contributed by atoms with Crippen molar-refractivity contribution in [1.82, 2.24) is 25.3 Å². The molecule has 8 heteroatoms. The Morgan fingerprint density at radius 3 is 3.08 bits per heavy atom. The van der Waals surface area contributed by atoms with Crippen LogP contribution in [-0.4, -0.2) is 37.0 Å². The lowest BCUT2D eigenvalue weighted by atomic mass is 10.1. The molecule has 0 radical (unpaired) electrons. The minimum Gasteiger partial charge on any atom is -0.392 e. The van der Waals surface area contributed by atoms with Gasteiger partial charge in [0, 0.05) is 24.0 Å². The molecule has 0 saturated carbocycles. The molecule has 1 atom stereocenters. The fourth-order valence-electron chi connectivity index (χ4n) is 2.47. The third-order valence-corrected chi connectivity index (χ3v) is 3.84. The van der Waals surface area contributed by atoms with Crippen LogP contribution in [0.2, 0.25) is 0 Å². The number of nitrogens with two attached hydrogens (primary N) is 1. The van der Waals surface area contributed by atoms with Crippen LogP contribution in [0.3, 0.4) is 0 Å². The Morgan fingerprint density at radius 2 is 2.31 bits per heavy atom. The van der Waals surface area contributed by atoms with Crippen molar-refractivity contribution in [2.24, 2.45) is 0 Å². The van der Waals surface area contributed by atoms with Crippen LogP contribution in [0.5, 0.6) is 0 Å². The third kappa shape index (κ3) is 4.04. The van der Waals surface area contributed by atoms with Crippen LogP contribution in [0.25, 0.3) is 17.2 Å². The van der Waals surface area contributed by atoms with Crippen LogP contribution in [0, 0.1) is 0 Å². The number of nitrogens with one attached hydrogen (secondary N) is 2. The van der Waals surface area contributed by atoms with Gasteiger partial charge in [0.25, 0.3) is 5.91 Å². The number of imidazole rings is 1. The first-order valence-electron chi connectivity index (χ1n) is 8.20. The van der Waals surface area contributed by atoms with E-state index in [9.17, 15) is 9.90 Å². The van der Waals surface area contributed by atoms with E-state index in [4.69, 9.17) is 5.73 Å². The van der Waals surface area contributed by atoms with E-state index in [0.717, 1.165) is 11.1 Å². The van der Waals surface area contributed by atoms with Gasteiger partial charge in [0.1, 0.15) is 5.82 Å². The number of fused-ring (bicyclic) bond motifs is 1. The average molecular weight is 352 g/mol. The number of aliphatic hydroxyl groups is 1. The van der Waals surface area contributed by atoms with Crippen molar-refractivity contribution in [3.05, 3.63) is 53.6 Å². The fraction of sp³-hybridized carbons (Fsp3) is 0.222. The van der Waals surface area contributed by atoms with Crippen molar-refractivity contribution in [3.63, 3.8) is 0 Å². The fourth-order valence-corrected chi connectivity index (χ4v) is 2.47. The summed E-state index contributed by atoms with van der Waals surface area (Å²) in [7, 11) is 0. The van der Waals surface area contributed by atoms with Crippen molar-refractivity contribution < 1.29 is 9.90 Å². The summed E-state index contributed by atoms with van der Waals surface area (Å²) >= 11 is 0. The SMILES string of the molecule is C[C@@H](C/C=C/c1cnc(N)c(CO)c1)NC(=O)c1nc2ncccc2[nH]1. The number of aromatic amines is 1. The minimum absolute atomic E-state index is 0.0843. The van der Waals surface area contributed by atoms with Gasteiger partial charge in [0.2, 0.25) is 0 Å². The maximum absolute atomic E-state index is 12.3. The summed E-state index contributed by atoms with van der Waals surface area (Å²) < 4.78 is 0. The van der Waals surface area contributed by atoms with Gasteiger partial charge in [-0.1, -0.05) is 12.2 Å². The van der Waals surface area contributed by atoms with Crippen molar-refractivity contribution in [1.29, 1.82) is 0 Å². The molecule has 134 valence electrons. The number of nitrogen functional groups attached to an aromatic ring is 1. The normalized spacial score (nSPS) is 12.5. The Kier molecular flexibility index (Phi) is 5.23. The maximum Gasteiger partial charge on any atom is 0.287 e. The summed E-state index contributed by atoms with van der Waals surface area (Å²) in [6.45, 7) is 1.75. The standard InChI is InChI=1S/C18H20N6O2/c1-11(4-2-5-12-8-13(10-25)15(19)21-9-12)22-18(26)17-23-14-6-3-7-20-16(14)24-17/h2-3,5-9,11,25H,4,10H2,1H3,(H2,19,21)(H,22,26)(H,20,23,24)/b5-2+/t11-/m0/s1. The molecule has 1 amide bonds. The largest absolute Gasteiger partial charge is 0.392 e.